The minimum absolute atomic E-state index is 0.0356. The molecule has 1 aromatic rings. The van der Waals surface area contributed by atoms with Crippen molar-refractivity contribution in [3.63, 3.8) is 0 Å². The molecule has 0 fully saturated rings. The Hall–Kier alpha value is -2.84. The molecule has 0 atom stereocenters. The van der Waals surface area contributed by atoms with Crippen LogP contribution in [0.5, 0.6) is 0 Å². The number of carbonyl (C=O) groups is 2. The highest BCUT2D eigenvalue weighted by molar-refractivity contribution is 5.80. The van der Waals surface area contributed by atoms with Crippen LogP contribution in [0.15, 0.2) is 18.2 Å². The highest BCUT2D eigenvalue weighted by Crippen LogP contribution is 2.23. The van der Waals surface area contributed by atoms with Crippen molar-refractivity contribution in [1.29, 1.82) is 0 Å². The average molecular weight is 296 g/mol. The van der Waals surface area contributed by atoms with Crippen LogP contribution in [0, 0.1) is 20.2 Å². The molecule has 21 heavy (non-hydrogen) atoms. The number of non-ortho nitro benzene ring substituents is 2. The Morgan fingerprint density at radius 3 is 2.00 bits per heavy atom. The van der Waals surface area contributed by atoms with Gasteiger partial charge in [0.25, 0.3) is 11.4 Å². The SMILES string of the molecule is CC(=O)CCC(=O)OCc1cc([N+](=O)[O-])cc([N+](=O)[O-])c1. The highest BCUT2D eigenvalue weighted by Gasteiger charge is 2.17. The molecule has 0 saturated heterocycles. The van der Waals surface area contributed by atoms with E-state index in [1.807, 2.05) is 0 Å². The standard InChI is InChI=1S/C12H12N2O7/c1-8(15)2-3-12(16)21-7-9-4-10(13(17)18)6-11(5-9)14(19)20/h4-6H,2-3,7H2,1H3. The molecular formula is C12H12N2O7. The van der Waals surface area contributed by atoms with Crippen LogP contribution in [0.25, 0.3) is 0 Å². The van der Waals surface area contributed by atoms with E-state index in [1.54, 1.807) is 0 Å². The lowest BCUT2D eigenvalue weighted by Crippen LogP contribution is -2.07. The molecule has 0 saturated carbocycles. The summed E-state index contributed by atoms with van der Waals surface area (Å²) in [5, 5.41) is 21.4. The third-order valence-corrected chi connectivity index (χ3v) is 2.46. The van der Waals surface area contributed by atoms with Crippen LogP contribution < -0.4 is 0 Å². The normalized spacial score (nSPS) is 9.95. The molecule has 0 heterocycles. The second kappa shape index (κ2) is 7.08. The predicted molar refractivity (Wildman–Crippen MR) is 69.5 cm³/mol. The Labute approximate surface area is 118 Å². The van der Waals surface area contributed by atoms with Crippen LogP contribution >= 0.6 is 0 Å². The lowest BCUT2D eigenvalue weighted by Gasteiger charge is -2.04. The molecule has 0 amide bonds. The molecule has 0 aliphatic carbocycles. The van der Waals surface area contributed by atoms with Crippen LogP contribution in [0.2, 0.25) is 0 Å². The summed E-state index contributed by atoms with van der Waals surface area (Å²) in [6.45, 7) is 0.996. The monoisotopic (exact) mass is 296 g/mol. The Kier molecular flexibility index (Phi) is 5.47. The third-order valence-electron chi connectivity index (χ3n) is 2.46. The number of carbonyl (C=O) groups excluding carboxylic acids is 2. The van der Waals surface area contributed by atoms with Gasteiger partial charge in [0, 0.05) is 24.1 Å². The van der Waals surface area contributed by atoms with E-state index in [-0.39, 0.29) is 30.8 Å². The van der Waals surface area contributed by atoms with Gasteiger partial charge in [0.15, 0.2) is 0 Å². The van der Waals surface area contributed by atoms with Gasteiger partial charge in [-0.15, -0.1) is 0 Å². The average Bonchev–Trinajstić information content (AvgIpc) is 2.42. The smallest absolute Gasteiger partial charge is 0.306 e. The van der Waals surface area contributed by atoms with Crippen molar-refractivity contribution in [2.45, 2.75) is 26.4 Å². The minimum atomic E-state index is -0.770. The van der Waals surface area contributed by atoms with Gasteiger partial charge < -0.3 is 9.53 Å². The number of hydrogen-bond acceptors (Lipinski definition) is 7. The molecule has 1 rings (SSSR count). The van der Waals surface area contributed by atoms with Crippen LogP contribution in [0.1, 0.15) is 25.3 Å². The number of hydrogen-bond donors (Lipinski definition) is 0. The lowest BCUT2D eigenvalue weighted by molar-refractivity contribution is -0.394. The highest BCUT2D eigenvalue weighted by atomic mass is 16.6. The van der Waals surface area contributed by atoms with Crippen LogP contribution in [0.3, 0.4) is 0 Å². The Balaban J connectivity index is 2.78. The summed E-state index contributed by atoms with van der Waals surface area (Å²) in [5.41, 5.74) is -0.787. The van der Waals surface area contributed by atoms with Crippen molar-refractivity contribution in [3.8, 4) is 0 Å². The Morgan fingerprint density at radius 1 is 1.05 bits per heavy atom. The zero-order chi connectivity index (χ0) is 16.0. The molecule has 0 spiro atoms. The van der Waals surface area contributed by atoms with E-state index in [4.69, 9.17) is 4.74 Å². The van der Waals surface area contributed by atoms with E-state index in [2.05, 4.69) is 0 Å². The Morgan fingerprint density at radius 2 is 1.57 bits per heavy atom. The fourth-order valence-electron chi connectivity index (χ4n) is 1.46. The number of nitrogens with zero attached hydrogens (tertiary/aromatic N) is 2. The number of ether oxygens (including phenoxy) is 1. The van der Waals surface area contributed by atoms with Gasteiger partial charge in [-0.2, -0.15) is 0 Å². The zero-order valence-electron chi connectivity index (χ0n) is 11.1. The van der Waals surface area contributed by atoms with E-state index < -0.39 is 27.2 Å². The molecule has 9 nitrogen and oxygen atoms in total. The molecule has 9 heteroatoms. The summed E-state index contributed by atoms with van der Waals surface area (Å²) in [5.74, 6) is -0.822. The first-order chi connectivity index (χ1) is 9.79. The number of nitro groups is 2. The molecule has 0 N–H and O–H groups in total. The van der Waals surface area contributed by atoms with Gasteiger partial charge in [0.05, 0.1) is 22.3 Å². The van der Waals surface area contributed by atoms with Gasteiger partial charge in [-0.25, -0.2) is 0 Å². The first kappa shape index (κ1) is 16.2. The van der Waals surface area contributed by atoms with E-state index in [0.29, 0.717) is 0 Å². The Bertz CT molecular complexity index is 565. The second-order valence-corrected chi connectivity index (χ2v) is 4.23. The predicted octanol–water partition coefficient (Wildman–Crippen LogP) is 1.92. The van der Waals surface area contributed by atoms with Gasteiger partial charge >= 0.3 is 5.97 Å². The number of ketones is 1. The van der Waals surface area contributed by atoms with Crippen molar-refractivity contribution in [1.82, 2.24) is 0 Å². The summed E-state index contributed by atoms with van der Waals surface area (Å²) in [6, 6.07) is 3.00. The zero-order valence-corrected chi connectivity index (χ0v) is 11.1. The molecule has 0 aliphatic heterocycles. The molecule has 112 valence electrons. The van der Waals surface area contributed by atoms with Crippen LogP contribution in [0.4, 0.5) is 11.4 Å². The number of nitro benzene ring substituents is 2. The van der Waals surface area contributed by atoms with Crippen molar-refractivity contribution in [3.05, 3.63) is 44.0 Å². The fourth-order valence-corrected chi connectivity index (χ4v) is 1.46. The first-order valence-electron chi connectivity index (χ1n) is 5.87. The molecule has 0 unspecified atom stereocenters. The molecule has 0 bridgehead atoms. The van der Waals surface area contributed by atoms with Crippen molar-refractivity contribution in [2.75, 3.05) is 0 Å². The van der Waals surface area contributed by atoms with Crippen LogP contribution in [-0.2, 0) is 20.9 Å². The fraction of sp³-hybridized carbons (Fsp3) is 0.333. The van der Waals surface area contributed by atoms with E-state index in [9.17, 15) is 29.8 Å². The number of Topliss-reactive ketones (excluding diaryl/α,β-unsaturated/α-hetero) is 1. The maximum atomic E-state index is 11.3. The second-order valence-electron chi connectivity index (χ2n) is 4.23. The van der Waals surface area contributed by atoms with E-state index in [1.165, 1.54) is 6.92 Å². The number of esters is 1. The summed E-state index contributed by atoms with van der Waals surface area (Å²) < 4.78 is 4.81. The molecule has 0 radical (unpaired) electrons. The number of benzene rings is 1. The van der Waals surface area contributed by atoms with Gasteiger partial charge in [-0.3, -0.25) is 25.0 Å². The van der Waals surface area contributed by atoms with Crippen molar-refractivity contribution < 1.29 is 24.2 Å². The topological polar surface area (TPSA) is 130 Å². The molecule has 0 aromatic heterocycles. The summed E-state index contributed by atoms with van der Waals surface area (Å²) in [7, 11) is 0. The van der Waals surface area contributed by atoms with Gasteiger partial charge in [0.1, 0.15) is 12.4 Å². The van der Waals surface area contributed by atoms with Gasteiger partial charge in [0.2, 0.25) is 0 Å². The summed E-state index contributed by atoms with van der Waals surface area (Å²) in [4.78, 5) is 41.8. The van der Waals surface area contributed by atoms with Gasteiger partial charge in [-0.1, -0.05) is 0 Å². The van der Waals surface area contributed by atoms with Crippen molar-refractivity contribution >= 4 is 23.1 Å². The summed E-state index contributed by atoms with van der Waals surface area (Å²) in [6.07, 6.45) is -0.0692. The summed E-state index contributed by atoms with van der Waals surface area (Å²) >= 11 is 0. The maximum Gasteiger partial charge on any atom is 0.306 e. The van der Waals surface area contributed by atoms with Crippen molar-refractivity contribution in [2.24, 2.45) is 0 Å². The minimum Gasteiger partial charge on any atom is -0.461 e. The van der Waals surface area contributed by atoms with E-state index >= 15 is 0 Å². The van der Waals surface area contributed by atoms with Gasteiger partial charge in [-0.05, 0) is 6.92 Å². The first-order valence-corrected chi connectivity index (χ1v) is 5.87. The molecular weight excluding hydrogens is 284 g/mol. The van der Waals surface area contributed by atoms with E-state index in [0.717, 1.165) is 18.2 Å². The largest absolute Gasteiger partial charge is 0.461 e. The third kappa shape index (κ3) is 5.35. The number of rotatable bonds is 7. The van der Waals surface area contributed by atoms with Crippen LogP contribution in [-0.4, -0.2) is 21.6 Å². The molecule has 1 aromatic carbocycles. The quantitative estimate of drug-likeness (QED) is 0.426. The lowest BCUT2D eigenvalue weighted by atomic mass is 10.2. The molecule has 0 aliphatic rings. The maximum absolute atomic E-state index is 11.3.